The van der Waals surface area contributed by atoms with E-state index in [4.69, 9.17) is 37.3 Å². The van der Waals surface area contributed by atoms with Gasteiger partial charge < -0.3 is 37.6 Å². The van der Waals surface area contributed by atoms with Crippen molar-refractivity contribution in [2.75, 3.05) is 12.5 Å². The molecule has 6 aromatic rings. The maximum atomic E-state index is 14.5. The first-order valence-corrected chi connectivity index (χ1v) is 23.1. The molecular weight excluding hydrogens is 802 g/mol. The maximum absolute atomic E-state index is 14.5. The highest BCUT2D eigenvalue weighted by molar-refractivity contribution is 7.71. The molecule has 0 spiro atoms. The zero-order valence-electron chi connectivity index (χ0n) is 32.9. The fraction of sp³-hybridized carbons (Fsp3) is 0.234. The summed E-state index contributed by atoms with van der Waals surface area (Å²) >= 11 is 0. The molecule has 0 amide bonds. The van der Waals surface area contributed by atoms with Crippen LogP contribution >= 0.6 is 15.2 Å². The molecule has 1 aliphatic heterocycles. The largest absolute Gasteiger partial charge is 0.442 e. The van der Waals surface area contributed by atoms with Crippen molar-refractivity contribution in [3.8, 4) is 11.5 Å². The van der Waals surface area contributed by atoms with Crippen LogP contribution in [-0.4, -0.2) is 48.1 Å². The highest BCUT2D eigenvalue weighted by Crippen LogP contribution is 2.62. The van der Waals surface area contributed by atoms with E-state index in [0.717, 1.165) is 22.3 Å². The number of para-hydroxylation sites is 2. The summed E-state index contributed by atoms with van der Waals surface area (Å²) < 4.78 is 79.6. The van der Waals surface area contributed by atoms with E-state index in [-0.39, 0.29) is 44.5 Å². The Balaban J connectivity index is 1.22. The van der Waals surface area contributed by atoms with Gasteiger partial charge in [-0.25, -0.2) is 4.57 Å². The van der Waals surface area contributed by atoms with Gasteiger partial charge in [-0.2, -0.15) is 0 Å². The Morgan fingerprint density at radius 1 is 0.467 bits per heavy atom. The van der Waals surface area contributed by atoms with Gasteiger partial charge in [0.05, 0.1) is 33.0 Å². The lowest BCUT2D eigenvalue weighted by Crippen LogP contribution is -2.61. The predicted molar refractivity (Wildman–Crippen MR) is 227 cm³/mol. The monoisotopic (exact) mass is 850 g/mol. The second-order valence-electron chi connectivity index (χ2n) is 14.1. The lowest BCUT2D eigenvalue weighted by Gasteiger charge is -2.46. The molecule has 1 N–H and O–H groups in total. The quantitative estimate of drug-likeness (QED) is 0.0695. The summed E-state index contributed by atoms with van der Waals surface area (Å²) in [5.74, 6) is -0.662. The van der Waals surface area contributed by atoms with E-state index in [1.54, 1.807) is 60.7 Å². The van der Waals surface area contributed by atoms with Crippen molar-refractivity contribution in [1.82, 2.24) is 0 Å². The molecule has 60 heavy (non-hydrogen) atoms. The molecule has 0 radical (unpaired) electrons. The first-order valence-electron chi connectivity index (χ1n) is 19.6. The molecule has 1 aliphatic rings. The topological polar surface area (TPSA) is 128 Å². The predicted octanol–water partition coefficient (Wildman–Crippen LogP) is 10.2. The number of benzene rings is 6. The maximum Gasteiger partial charge on any atom is 0.442 e. The third kappa shape index (κ3) is 13.0. The van der Waals surface area contributed by atoms with Crippen molar-refractivity contribution < 1.29 is 51.3 Å². The minimum atomic E-state index is -4.93. The molecule has 0 saturated carbocycles. The molecule has 1 unspecified atom stereocenters. The van der Waals surface area contributed by atoms with Crippen molar-refractivity contribution in [2.45, 2.75) is 57.1 Å². The van der Waals surface area contributed by atoms with Gasteiger partial charge in [-0.15, -0.1) is 0 Å². The summed E-state index contributed by atoms with van der Waals surface area (Å²) in [6.07, 6.45) is -5.35. The molecule has 1 heterocycles. The lowest BCUT2D eigenvalue weighted by molar-refractivity contribution is -0.311. The Morgan fingerprint density at radius 3 is 1.27 bits per heavy atom. The Hall–Kier alpha value is -4.90. The Labute approximate surface area is 350 Å². The third-order valence-corrected chi connectivity index (χ3v) is 13.8. The van der Waals surface area contributed by atoms with Gasteiger partial charge in [0.2, 0.25) is 0 Å². The van der Waals surface area contributed by atoms with Crippen LogP contribution in [0.1, 0.15) is 22.3 Å². The van der Waals surface area contributed by atoms with E-state index < -0.39 is 51.8 Å². The second kappa shape index (κ2) is 21.6. The molecule has 0 aliphatic carbocycles. The standard InChI is InChI=1S/C47H48O11P2/c48-59(49,36-60(50,56-41-27-15-5-16-28-41)57-42-29-17-6-18-30-42)58-47-46(54-34-40-25-13-4-14-26-40)45(53-33-39-23-11-3-12-24-39)44(52-32-38-21-9-2-10-22-38)43(55-47)35-51-31-37-19-7-1-8-20-37/h1-30,43-47H,31-36H2,(H,48,49)/t43-,44-,45+,46-,47-/m1/s1. The summed E-state index contributed by atoms with van der Waals surface area (Å²) in [4.78, 5) is 11.7. The van der Waals surface area contributed by atoms with Gasteiger partial charge in [0.1, 0.15) is 35.9 Å². The summed E-state index contributed by atoms with van der Waals surface area (Å²) in [7, 11) is -9.37. The number of hydrogen-bond acceptors (Lipinski definition) is 10. The van der Waals surface area contributed by atoms with Gasteiger partial charge in [0, 0.05) is 0 Å². The molecule has 0 bridgehead atoms. The normalized spacial score (nSPS) is 20.2. The van der Waals surface area contributed by atoms with Crippen LogP contribution in [0.25, 0.3) is 0 Å². The lowest BCUT2D eigenvalue weighted by atomic mass is 9.98. The Kier molecular flexibility index (Phi) is 15.5. The van der Waals surface area contributed by atoms with Crippen molar-refractivity contribution in [3.63, 3.8) is 0 Å². The van der Waals surface area contributed by atoms with Crippen LogP contribution in [0.5, 0.6) is 11.5 Å². The highest BCUT2D eigenvalue weighted by Gasteiger charge is 2.52. The zero-order chi connectivity index (χ0) is 41.5. The molecule has 0 aromatic heterocycles. The SMILES string of the molecule is O=P(O)(CP(=O)(Oc1ccccc1)Oc1ccccc1)O[C@H]1O[C@H](COCc2ccccc2)[C@@H](OCc2ccccc2)[C@H](OCc2ccccc2)[C@H]1OCc1ccccc1. The Bertz CT molecular complexity index is 2190. The first kappa shape index (κ1) is 43.2. The molecule has 11 nitrogen and oxygen atoms in total. The van der Waals surface area contributed by atoms with Crippen LogP contribution in [0.2, 0.25) is 0 Å². The van der Waals surface area contributed by atoms with Gasteiger partial charge in [-0.1, -0.05) is 158 Å². The van der Waals surface area contributed by atoms with Crippen molar-refractivity contribution in [1.29, 1.82) is 0 Å². The fourth-order valence-electron chi connectivity index (χ4n) is 6.61. The van der Waals surface area contributed by atoms with E-state index in [2.05, 4.69) is 0 Å². The first-order chi connectivity index (χ1) is 29.3. The van der Waals surface area contributed by atoms with E-state index >= 15 is 0 Å². The van der Waals surface area contributed by atoms with Crippen molar-refractivity contribution in [3.05, 3.63) is 204 Å². The van der Waals surface area contributed by atoms with Gasteiger partial charge in [0.25, 0.3) is 0 Å². The smallest absolute Gasteiger partial charge is 0.416 e. The van der Waals surface area contributed by atoms with E-state index in [1.807, 2.05) is 121 Å². The van der Waals surface area contributed by atoms with E-state index in [9.17, 15) is 14.0 Å². The van der Waals surface area contributed by atoms with Crippen LogP contribution in [-0.2, 0) is 63.8 Å². The van der Waals surface area contributed by atoms with Crippen molar-refractivity contribution in [2.24, 2.45) is 0 Å². The number of ether oxygens (including phenoxy) is 5. The molecule has 6 atom stereocenters. The molecular formula is C47H48O11P2. The van der Waals surface area contributed by atoms with Gasteiger partial charge >= 0.3 is 15.2 Å². The molecule has 1 fully saturated rings. The summed E-state index contributed by atoms with van der Waals surface area (Å²) in [6, 6.07) is 55.0. The highest BCUT2D eigenvalue weighted by atomic mass is 31.2. The summed E-state index contributed by atoms with van der Waals surface area (Å²) in [5, 5.41) is 0. The number of rotatable bonds is 21. The van der Waals surface area contributed by atoms with E-state index in [1.165, 1.54) is 0 Å². The van der Waals surface area contributed by atoms with Crippen LogP contribution < -0.4 is 9.05 Å². The average Bonchev–Trinajstić information content (AvgIpc) is 3.26. The van der Waals surface area contributed by atoms with Crippen LogP contribution in [0.15, 0.2) is 182 Å². The fourth-order valence-corrected chi connectivity index (χ4v) is 10.5. The zero-order valence-corrected chi connectivity index (χ0v) is 34.7. The number of hydrogen-bond donors (Lipinski definition) is 1. The average molecular weight is 851 g/mol. The minimum Gasteiger partial charge on any atom is -0.416 e. The Morgan fingerprint density at radius 2 is 0.833 bits per heavy atom. The van der Waals surface area contributed by atoms with Gasteiger partial charge in [-0.3, -0.25) is 9.09 Å². The van der Waals surface area contributed by atoms with Crippen LogP contribution in [0.3, 0.4) is 0 Å². The minimum absolute atomic E-state index is 0.00667. The second-order valence-corrected chi connectivity index (χ2v) is 18.3. The molecule has 13 heteroatoms. The van der Waals surface area contributed by atoms with E-state index in [0.29, 0.717) is 0 Å². The van der Waals surface area contributed by atoms with Gasteiger partial charge in [-0.05, 0) is 46.5 Å². The summed E-state index contributed by atoms with van der Waals surface area (Å²) in [6.45, 7) is 0.669. The summed E-state index contributed by atoms with van der Waals surface area (Å²) in [5.41, 5.74) is 3.57. The third-order valence-electron chi connectivity index (χ3n) is 9.44. The molecule has 312 valence electrons. The van der Waals surface area contributed by atoms with Crippen molar-refractivity contribution >= 4 is 15.2 Å². The molecule has 6 aromatic carbocycles. The van der Waals surface area contributed by atoms with Crippen LogP contribution in [0.4, 0.5) is 0 Å². The molecule has 7 rings (SSSR count). The molecule has 1 saturated heterocycles. The van der Waals surface area contributed by atoms with Gasteiger partial charge in [0.15, 0.2) is 12.2 Å². The van der Waals surface area contributed by atoms with Crippen LogP contribution in [0, 0.1) is 0 Å².